The smallest absolute Gasteiger partial charge is 0.0702 e. The standard InChI is InChI=1S/C13H19NO/c1-10(2)12-7-14(8-12)13-6-4-3-5-11(13)9-15/h3-6,10,12,15H,7-9H2,1-2H3. The number of aliphatic hydroxyl groups is 1. The quantitative estimate of drug-likeness (QED) is 0.818. The fourth-order valence-electron chi connectivity index (χ4n) is 2.08. The van der Waals surface area contributed by atoms with Gasteiger partial charge in [-0.1, -0.05) is 32.0 Å². The average Bonchev–Trinajstić information content (AvgIpc) is 2.15. The van der Waals surface area contributed by atoms with Gasteiger partial charge in [0.1, 0.15) is 0 Å². The first kappa shape index (κ1) is 10.5. The molecular formula is C13H19NO. The molecule has 0 atom stereocenters. The Hall–Kier alpha value is -1.02. The van der Waals surface area contributed by atoms with Crippen LogP contribution in [-0.4, -0.2) is 18.2 Å². The number of benzene rings is 1. The van der Waals surface area contributed by atoms with Gasteiger partial charge < -0.3 is 10.0 Å². The molecule has 1 saturated heterocycles. The SMILES string of the molecule is CC(C)C1CN(c2ccccc2CO)C1. The molecule has 1 fully saturated rings. The molecule has 0 saturated carbocycles. The van der Waals surface area contributed by atoms with Crippen LogP contribution in [0.5, 0.6) is 0 Å². The minimum absolute atomic E-state index is 0.138. The molecule has 0 spiro atoms. The van der Waals surface area contributed by atoms with E-state index < -0.39 is 0 Å². The molecule has 1 aliphatic heterocycles. The summed E-state index contributed by atoms with van der Waals surface area (Å²) in [5, 5.41) is 9.24. The maximum Gasteiger partial charge on any atom is 0.0702 e. The van der Waals surface area contributed by atoms with Gasteiger partial charge in [0.25, 0.3) is 0 Å². The number of aliphatic hydroxyl groups excluding tert-OH is 1. The van der Waals surface area contributed by atoms with Crippen molar-refractivity contribution in [3.8, 4) is 0 Å². The Kier molecular flexibility index (Phi) is 2.96. The Morgan fingerprint density at radius 1 is 1.33 bits per heavy atom. The summed E-state index contributed by atoms with van der Waals surface area (Å²) in [6.07, 6.45) is 0. The molecule has 1 heterocycles. The van der Waals surface area contributed by atoms with Crippen LogP contribution in [0.15, 0.2) is 24.3 Å². The highest BCUT2D eigenvalue weighted by atomic mass is 16.3. The van der Waals surface area contributed by atoms with Crippen molar-refractivity contribution < 1.29 is 5.11 Å². The topological polar surface area (TPSA) is 23.5 Å². The van der Waals surface area contributed by atoms with E-state index in [1.165, 1.54) is 5.69 Å². The first-order valence-electron chi connectivity index (χ1n) is 5.66. The second kappa shape index (κ2) is 4.23. The minimum Gasteiger partial charge on any atom is -0.392 e. The van der Waals surface area contributed by atoms with Gasteiger partial charge in [-0.05, 0) is 17.9 Å². The summed E-state index contributed by atoms with van der Waals surface area (Å²) in [6.45, 7) is 6.96. The first-order chi connectivity index (χ1) is 7.22. The summed E-state index contributed by atoms with van der Waals surface area (Å²) in [5.74, 6) is 1.58. The van der Waals surface area contributed by atoms with Crippen LogP contribution < -0.4 is 4.90 Å². The third-order valence-corrected chi connectivity index (χ3v) is 3.36. The molecule has 2 rings (SSSR count). The lowest BCUT2D eigenvalue weighted by Gasteiger charge is -2.44. The molecule has 0 unspecified atom stereocenters. The molecule has 0 aliphatic carbocycles. The zero-order chi connectivity index (χ0) is 10.8. The summed E-state index contributed by atoms with van der Waals surface area (Å²) >= 11 is 0. The molecule has 0 aromatic heterocycles. The van der Waals surface area contributed by atoms with Crippen molar-refractivity contribution in [3.05, 3.63) is 29.8 Å². The summed E-state index contributed by atoms with van der Waals surface area (Å²) in [4.78, 5) is 2.36. The average molecular weight is 205 g/mol. The van der Waals surface area contributed by atoms with Crippen LogP contribution in [0, 0.1) is 11.8 Å². The molecule has 2 nitrogen and oxygen atoms in total. The van der Waals surface area contributed by atoms with E-state index in [1.54, 1.807) is 0 Å². The Balaban J connectivity index is 2.06. The third-order valence-electron chi connectivity index (χ3n) is 3.36. The lowest BCUT2D eigenvalue weighted by Crippen LogP contribution is -2.49. The van der Waals surface area contributed by atoms with Crippen LogP contribution in [-0.2, 0) is 6.61 Å². The fourth-order valence-corrected chi connectivity index (χ4v) is 2.08. The van der Waals surface area contributed by atoms with E-state index in [9.17, 15) is 5.11 Å². The number of hydrogen-bond donors (Lipinski definition) is 1. The van der Waals surface area contributed by atoms with Crippen LogP contribution in [0.3, 0.4) is 0 Å². The van der Waals surface area contributed by atoms with Gasteiger partial charge >= 0.3 is 0 Å². The van der Waals surface area contributed by atoms with E-state index in [-0.39, 0.29) is 6.61 Å². The van der Waals surface area contributed by atoms with Gasteiger partial charge in [-0.25, -0.2) is 0 Å². The van der Waals surface area contributed by atoms with Crippen molar-refractivity contribution in [2.45, 2.75) is 20.5 Å². The summed E-state index contributed by atoms with van der Waals surface area (Å²) in [5.41, 5.74) is 2.25. The minimum atomic E-state index is 0.138. The predicted molar refractivity (Wildman–Crippen MR) is 62.9 cm³/mol. The molecule has 0 bridgehead atoms. The highest BCUT2D eigenvalue weighted by Crippen LogP contribution is 2.31. The summed E-state index contributed by atoms with van der Waals surface area (Å²) in [7, 11) is 0. The normalized spacial score (nSPS) is 16.9. The van der Waals surface area contributed by atoms with Crippen molar-refractivity contribution in [2.24, 2.45) is 11.8 Å². The second-order valence-corrected chi connectivity index (χ2v) is 4.70. The van der Waals surface area contributed by atoms with E-state index >= 15 is 0 Å². The molecule has 0 radical (unpaired) electrons. The molecule has 1 aromatic rings. The number of rotatable bonds is 3. The van der Waals surface area contributed by atoms with E-state index in [2.05, 4.69) is 24.8 Å². The summed E-state index contributed by atoms with van der Waals surface area (Å²) < 4.78 is 0. The molecule has 82 valence electrons. The third kappa shape index (κ3) is 2.00. The highest BCUT2D eigenvalue weighted by molar-refractivity contribution is 5.55. The van der Waals surface area contributed by atoms with Crippen molar-refractivity contribution in [3.63, 3.8) is 0 Å². The zero-order valence-corrected chi connectivity index (χ0v) is 9.48. The van der Waals surface area contributed by atoms with Gasteiger partial charge in [0, 0.05) is 24.3 Å². The van der Waals surface area contributed by atoms with Gasteiger partial charge in [0.15, 0.2) is 0 Å². The van der Waals surface area contributed by atoms with Gasteiger partial charge in [-0.2, -0.15) is 0 Å². The molecule has 1 N–H and O–H groups in total. The van der Waals surface area contributed by atoms with Crippen molar-refractivity contribution >= 4 is 5.69 Å². The van der Waals surface area contributed by atoms with E-state index in [4.69, 9.17) is 0 Å². The van der Waals surface area contributed by atoms with Gasteiger partial charge in [-0.3, -0.25) is 0 Å². The summed E-state index contributed by atoms with van der Waals surface area (Å²) in [6, 6.07) is 8.12. The number of hydrogen-bond acceptors (Lipinski definition) is 2. The van der Waals surface area contributed by atoms with E-state index in [0.717, 1.165) is 30.5 Å². The Morgan fingerprint density at radius 3 is 2.60 bits per heavy atom. The van der Waals surface area contributed by atoms with Gasteiger partial charge in [0.05, 0.1) is 6.61 Å². The first-order valence-corrected chi connectivity index (χ1v) is 5.66. The number of nitrogens with zero attached hydrogens (tertiary/aromatic N) is 1. The largest absolute Gasteiger partial charge is 0.392 e. The lowest BCUT2D eigenvalue weighted by molar-refractivity contribution is 0.277. The van der Waals surface area contributed by atoms with Crippen molar-refractivity contribution in [1.29, 1.82) is 0 Å². The maximum atomic E-state index is 9.24. The van der Waals surface area contributed by atoms with Gasteiger partial charge in [-0.15, -0.1) is 0 Å². The second-order valence-electron chi connectivity index (χ2n) is 4.70. The predicted octanol–water partition coefficient (Wildman–Crippen LogP) is 2.27. The molecule has 1 aliphatic rings. The Labute approximate surface area is 91.5 Å². The molecule has 0 amide bonds. The van der Waals surface area contributed by atoms with Crippen LogP contribution in [0.2, 0.25) is 0 Å². The van der Waals surface area contributed by atoms with Gasteiger partial charge in [0.2, 0.25) is 0 Å². The molecular weight excluding hydrogens is 186 g/mol. The molecule has 2 heteroatoms. The fraction of sp³-hybridized carbons (Fsp3) is 0.538. The van der Waals surface area contributed by atoms with Crippen LogP contribution >= 0.6 is 0 Å². The molecule has 1 aromatic carbocycles. The zero-order valence-electron chi connectivity index (χ0n) is 9.48. The molecule has 15 heavy (non-hydrogen) atoms. The van der Waals surface area contributed by atoms with Crippen LogP contribution in [0.25, 0.3) is 0 Å². The highest BCUT2D eigenvalue weighted by Gasteiger charge is 2.29. The monoisotopic (exact) mass is 205 g/mol. The Morgan fingerprint density at radius 2 is 2.00 bits per heavy atom. The van der Waals surface area contributed by atoms with E-state index in [1.807, 2.05) is 18.2 Å². The maximum absolute atomic E-state index is 9.24. The number of anilines is 1. The van der Waals surface area contributed by atoms with Crippen LogP contribution in [0.1, 0.15) is 19.4 Å². The van der Waals surface area contributed by atoms with Crippen LogP contribution in [0.4, 0.5) is 5.69 Å². The Bertz CT molecular complexity index is 329. The number of para-hydroxylation sites is 1. The van der Waals surface area contributed by atoms with Crippen molar-refractivity contribution in [2.75, 3.05) is 18.0 Å². The van der Waals surface area contributed by atoms with Crippen molar-refractivity contribution in [1.82, 2.24) is 0 Å². The lowest BCUT2D eigenvalue weighted by atomic mass is 9.87. The van der Waals surface area contributed by atoms with E-state index in [0.29, 0.717) is 0 Å².